The van der Waals surface area contributed by atoms with Crippen LogP contribution in [0.4, 0.5) is 0 Å². The van der Waals surface area contributed by atoms with Gasteiger partial charge in [-0.15, -0.1) is 0 Å². The molecule has 1 heterocycles. The highest BCUT2D eigenvalue weighted by Crippen LogP contribution is 2.26. The summed E-state index contributed by atoms with van der Waals surface area (Å²) in [6.07, 6.45) is 0. The molecule has 7 heteroatoms. The fourth-order valence-electron chi connectivity index (χ4n) is 3.28. The molecular formula is C21H22Cl2N2O3. The van der Waals surface area contributed by atoms with Crippen LogP contribution in [0.3, 0.4) is 0 Å². The summed E-state index contributed by atoms with van der Waals surface area (Å²) >= 11 is 11.2. The minimum absolute atomic E-state index is 0.112. The molecule has 1 fully saturated rings. The van der Waals surface area contributed by atoms with E-state index in [1.165, 1.54) is 11.1 Å². The Balaban J connectivity index is 1.56. The predicted molar refractivity (Wildman–Crippen MR) is 110 cm³/mol. The van der Waals surface area contributed by atoms with E-state index in [4.69, 9.17) is 27.9 Å². The summed E-state index contributed by atoms with van der Waals surface area (Å²) < 4.78 is 5.01. The normalized spacial score (nSPS) is 14.9. The minimum atomic E-state index is -0.600. The standard InChI is InChI=1S/C21H22Cl2N2O3/c22-18-7-5-16(6-8-18)19-4-2-1-3-17(19)13-24-9-11-25(12-10-24)21(27)15-28-14-20(23)26/h1-8H,9-15H2. The van der Waals surface area contributed by atoms with Crippen molar-refractivity contribution in [3.05, 3.63) is 59.1 Å². The maximum atomic E-state index is 12.1. The zero-order valence-corrected chi connectivity index (χ0v) is 17.0. The second-order valence-corrected chi connectivity index (χ2v) is 7.53. The number of halogens is 2. The van der Waals surface area contributed by atoms with E-state index in [9.17, 15) is 9.59 Å². The number of carbonyl (C=O) groups is 2. The van der Waals surface area contributed by atoms with Gasteiger partial charge in [-0.05, 0) is 40.4 Å². The van der Waals surface area contributed by atoms with Gasteiger partial charge in [-0.25, -0.2) is 0 Å². The molecule has 0 saturated carbocycles. The highest BCUT2D eigenvalue weighted by molar-refractivity contribution is 6.63. The van der Waals surface area contributed by atoms with Crippen molar-refractivity contribution in [3.63, 3.8) is 0 Å². The molecule has 0 bridgehead atoms. The van der Waals surface area contributed by atoms with E-state index in [0.29, 0.717) is 13.1 Å². The SMILES string of the molecule is O=C(Cl)COCC(=O)N1CCN(Cc2ccccc2-c2ccc(Cl)cc2)CC1. The van der Waals surface area contributed by atoms with Crippen LogP contribution in [0.5, 0.6) is 0 Å². The van der Waals surface area contributed by atoms with Crippen LogP contribution in [0.25, 0.3) is 11.1 Å². The van der Waals surface area contributed by atoms with Crippen molar-refractivity contribution in [1.29, 1.82) is 0 Å². The molecule has 0 unspecified atom stereocenters. The summed E-state index contributed by atoms with van der Waals surface area (Å²) in [5, 5.41) is 0.124. The maximum Gasteiger partial charge on any atom is 0.248 e. The second kappa shape index (κ2) is 10.0. The first-order chi connectivity index (χ1) is 13.5. The lowest BCUT2D eigenvalue weighted by Crippen LogP contribution is -2.49. The molecule has 0 spiro atoms. The molecule has 1 amide bonds. The minimum Gasteiger partial charge on any atom is -0.362 e. The van der Waals surface area contributed by atoms with Gasteiger partial charge in [-0.3, -0.25) is 14.5 Å². The van der Waals surface area contributed by atoms with Gasteiger partial charge < -0.3 is 9.64 Å². The number of hydrogen-bond acceptors (Lipinski definition) is 4. The molecule has 3 rings (SSSR count). The van der Waals surface area contributed by atoms with Crippen molar-refractivity contribution in [2.45, 2.75) is 6.54 Å². The third-order valence-electron chi connectivity index (χ3n) is 4.73. The number of piperazine rings is 1. The first-order valence-corrected chi connectivity index (χ1v) is 9.88. The van der Waals surface area contributed by atoms with Crippen LogP contribution in [0.15, 0.2) is 48.5 Å². The van der Waals surface area contributed by atoms with Gasteiger partial charge in [-0.2, -0.15) is 0 Å². The molecule has 0 atom stereocenters. The molecule has 0 aliphatic carbocycles. The lowest BCUT2D eigenvalue weighted by Gasteiger charge is -2.35. The number of carbonyl (C=O) groups excluding carboxylic acids is 2. The van der Waals surface area contributed by atoms with Gasteiger partial charge in [0.2, 0.25) is 11.1 Å². The van der Waals surface area contributed by atoms with Crippen LogP contribution in [-0.4, -0.2) is 60.3 Å². The molecule has 0 radical (unpaired) electrons. The number of ether oxygens (including phenoxy) is 1. The van der Waals surface area contributed by atoms with Crippen LogP contribution < -0.4 is 0 Å². The lowest BCUT2D eigenvalue weighted by atomic mass is 9.99. The summed E-state index contributed by atoms with van der Waals surface area (Å²) in [7, 11) is 0. The zero-order chi connectivity index (χ0) is 19.9. The van der Waals surface area contributed by atoms with E-state index < -0.39 is 5.24 Å². The Morgan fingerprint density at radius 2 is 1.61 bits per heavy atom. The molecule has 0 aromatic heterocycles. The Hall–Kier alpha value is -1.92. The smallest absolute Gasteiger partial charge is 0.248 e. The number of nitrogens with zero attached hydrogens (tertiary/aromatic N) is 2. The molecule has 0 N–H and O–H groups in total. The van der Waals surface area contributed by atoms with E-state index >= 15 is 0 Å². The van der Waals surface area contributed by atoms with Gasteiger partial charge in [0, 0.05) is 37.7 Å². The van der Waals surface area contributed by atoms with Crippen LogP contribution in [0, 0.1) is 0 Å². The largest absolute Gasteiger partial charge is 0.362 e. The highest BCUT2D eigenvalue weighted by atomic mass is 35.5. The van der Waals surface area contributed by atoms with Gasteiger partial charge >= 0.3 is 0 Å². The molecule has 1 aliphatic heterocycles. The summed E-state index contributed by atoms with van der Waals surface area (Å²) in [4.78, 5) is 26.9. The summed E-state index contributed by atoms with van der Waals surface area (Å²) in [6.45, 7) is 3.31. The monoisotopic (exact) mass is 420 g/mol. The predicted octanol–water partition coefficient (Wildman–Crippen LogP) is 3.43. The Kier molecular flexibility index (Phi) is 7.45. The Morgan fingerprint density at radius 1 is 0.929 bits per heavy atom. The first-order valence-electron chi connectivity index (χ1n) is 9.13. The summed E-state index contributed by atoms with van der Waals surface area (Å²) in [6, 6.07) is 16.2. The highest BCUT2D eigenvalue weighted by Gasteiger charge is 2.22. The molecule has 2 aromatic rings. The van der Waals surface area contributed by atoms with Crippen LogP contribution in [0.1, 0.15) is 5.56 Å². The fourth-order valence-corrected chi connectivity index (χ4v) is 3.48. The van der Waals surface area contributed by atoms with Gasteiger partial charge in [0.1, 0.15) is 13.2 Å². The lowest BCUT2D eigenvalue weighted by molar-refractivity contribution is -0.138. The molecule has 1 aliphatic rings. The second-order valence-electron chi connectivity index (χ2n) is 6.67. The average molecular weight is 421 g/mol. The maximum absolute atomic E-state index is 12.1. The summed E-state index contributed by atoms with van der Waals surface area (Å²) in [5.74, 6) is -0.112. The average Bonchev–Trinajstić information content (AvgIpc) is 2.69. The molecule has 5 nitrogen and oxygen atoms in total. The topological polar surface area (TPSA) is 49.9 Å². The fraction of sp³-hybridized carbons (Fsp3) is 0.333. The molecule has 2 aromatic carbocycles. The quantitative estimate of drug-likeness (QED) is 0.643. The van der Waals surface area contributed by atoms with Crippen LogP contribution in [0.2, 0.25) is 5.02 Å². The molecule has 1 saturated heterocycles. The Labute approximate surface area is 174 Å². The van der Waals surface area contributed by atoms with E-state index in [0.717, 1.165) is 30.2 Å². The van der Waals surface area contributed by atoms with E-state index in [1.54, 1.807) is 4.90 Å². The number of amides is 1. The van der Waals surface area contributed by atoms with Crippen molar-refractivity contribution >= 4 is 34.4 Å². The molecule has 28 heavy (non-hydrogen) atoms. The number of rotatable bonds is 7. The Bertz CT molecular complexity index is 819. The van der Waals surface area contributed by atoms with Gasteiger partial charge in [0.05, 0.1) is 0 Å². The third-order valence-corrected chi connectivity index (χ3v) is 5.09. The van der Waals surface area contributed by atoms with Crippen LogP contribution in [-0.2, 0) is 20.9 Å². The van der Waals surface area contributed by atoms with Gasteiger partial charge in [0.15, 0.2) is 0 Å². The molecule has 148 valence electrons. The number of hydrogen-bond donors (Lipinski definition) is 0. The zero-order valence-electron chi connectivity index (χ0n) is 15.4. The van der Waals surface area contributed by atoms with Gasteiger partial charge in [0.25, 0.3) is 0 Å². The van der Waals surface area contributed by atoms with Gasteiger partial charge in [-0.1, -0.05) is 48.0 Å². The van der Waals surface area contributed by atoms with E-state index in [1.807, 2.05) is 36.4 Å². The van der Waals surface area contributed by atoms with Crippen molar-refractivity contribution in [2.75, 3.05) is 39.4 Å². The van der Waals surface area contributed by atoms with Crippen molar-refractivity contribution in [3.8, 4) is 11.1 Å². The van der Waals surface area contributed by atoms with Crippen molar-refractivity contribution in [2.24, 2.45) is 0 Å². The third kappa shape index (κ3) is 5.79. The van der Waals surface area contributed by atoms with E-state index in [-0.39, 0.29) is 19.1 Å². The first kappa shape index (κ1) is 20.8. The summed E-state index contributed by atoms with van der Waals surface area (Å²) in [5.41, 5.74) is 3.57. The van der Waals surface area contributed by atoms with Crippen molar-refractivity contribution < 1.29 is 14.3 Å². The van der Waals surface area contributed by atoms with Crippen molar-refractivity contribution in [1.82, 2.24) is 9.80 Å². The van der Waals surface area contributed by atoms with E-state index in [2.05, 4.69) is 17.0 Å². The molecular weight excluding hydrogens is 399 g/mol. The number of benzene rings is 2. The van der Waals surface area contributed by atoms with Crippen LogP contribution >= 0.6 is 23.2 Å². The Morgan fingerprint density at radius 3 is 2.29 bits per heavy atom.